The minimum absolute atomic E-state index is 0.428. The first kappa shape index (κ1) is 19.2. The minimum Gasteiger partial charge on any atom is -0.489 e. The third-order valence-corrected chi connectivity index (χ3v) is 4.13. The molecule has 5 heteroatoms. The highest BCUT2D eigenvalue weighted by atomic mass is 16.6. The Morgan fingerprint density at radius 2 is 1.79 bits per heavy atom. The molecule has 0 atom stereocenters. The first-order valence-corrected chi connectivity index (χ1v) is 9.02. The van der Waals surface area contributed by atoms with Crippen molar-refractivity contribution in [2.75, 3.05) is 19.0 Å². The van der Waals surface area contributed by atoms with Gasteiger partial charge in [0, 0.05) is 16.8 Å². The topological polar surface area (TPSA) is 66.7 Å². The van der Waals surface area contributed by atoms with E-state index < -0.39 is 0 Å². The third-order valence-electron chi connectivity index (χ3n) is 4.13. The highest BCUT2D eigenvalue weighted by Crippen LogP contribution is 2.22. The van der Waals surface area contributed by atoms with Crippen LogP contribution < -0.4 is 10.1 Å². The van der Waals surface area contributed by atoms with E-state index in [1.54, 1.807) is 6.21 Å². The molecular weight excluding hydrogens is 350 g/mol. The Labute approximate surface area is 165 Å². The second-order valence-electron chi connectivity index (χ2n) is 6.07. The Morgan fingerprint density at radius 3 is 2.61 bits per heavy atom. The van der Waals surface area contributed by atoms with Crippen molar-refractivity contribution in [2.45, 2.75) is 6.61 Å². The van der Waals surface area contributed by atoms with E-state index in [1.165, 1.54) is 7.11 Å². The average Bonchev–Trinajstić information content (AvgIpc) is 2.76. The highest BCUT2D eigenvalue weighted by Gasteiger charge is 2.10. The van der Waals surface area contributed by atoms with E-state index in [0.717, 1.165) is 28.1 Å². The summed E-state index contributed by atoms with van der Waals surface area (Å²) < 4.78 is 5.90. The maximum Gasteiger partial charge on any atom is 0.120 e. The van der Waals surface area contributed by atoms with Crippen molar-refractivity contribution in [1.82, 2.24) is 0 Å². The van der Waals surface area contributed by atoms with Gasteiger partial charge in [0.25, 0.3) is 0 Å². The molecule has 142 valence electrons. The number of benzene rings is 3. The van der Waals surface area contributed by atoms with E-state index in [4.69, 9.17) is 10.1 Å². The van der Waals surface area contributed by atoms with E-state index in [9.17, 15) is 0 Å². The molecule has 0 saturated heterocycles. The van der Waals surface area contributed by atoms with Gasteiger partial charge in [0.15, 0.2) is 0 Å². The highest BCUT2D eigenvalue weighted by molar-refractivity contribution is 6.14. The van der Waals surface area contributed by atoms with E-state index in [1.807, 2.05) is 78.9 Å². The van der Waals surface area contributed by atoms with Crippen molar-refractivity contribution in [3.63, 3.8) is 0 Å². The number of rotatable bonds is 9. The van der Waals surface area contributed by atoms with Gasteiger partial charge in [0.2, 0.25) is 0 Å². The maximum atomic E-state index is 8.67. The second kappa shape index (κ2) is 9.92. The van der Waals surface area contributed by atoms with Crippen LogP contribution in [0.4, 0.5) is 5.69 Å². The normalized spacial score (nSPS) is 10.6. The number of hydrogen-bond donors (Lipinski definition) is 2. The molecule has 2 N–H and O–H groups in total. The molecule has 0 saturated carbocycles. The quantitative estimate of drug-likeness (QED) is 0.421. The summed E-state index contributed by atoms with van der Waals surface area (Å²) in [4.78, 5) is 4.67. The molecule has 0 radical (unpaired) electrons. The fraction of sp³-hybridized carbons (Fsp3) is 0.130. The standard InChI is InChI=1S/C23H23N3O2/c1-27-26-15-14-25-22-13-6-5-12-21(22)23(24)19-10-7-11-20(16-19)28-17-18-8-3-2-4-9-18/h2-13,15-16,24-25H,14,17H2,1H3/b24-23?,26-15+. The zero-order chi connectivity index (χ0) is 19.6. The van der Waals surface area contributed by atoms with Gasteiger partial charge in [0.1, 0.15) is 19.5 Å². The number of ether oxygens (including phenoxy) is 1. The van der Waals surface area contributed by atoms with Gasteiger partial charge in [-0.2, -0.15) is 0 Å². The fourth-order valence-electron chi connectivity index (χ4n) is 2.76. The smallest absolute Gasteiger partial charge is 0.120 e. The Bertz CT molecular complexity index is 939. The van der Waals surface area contributed by atoms with Crippen molar-refractivity contribution in [3.8, 4) is 5.75 Å². The zero-order valence-electron chi connectivity index (χ0n) is 15.8. The SMILES string of the molecule is CO/N=C/CNc1ccccc1C(=N)c1cccc(OCc2ccccc2)c1. The molecule has 3 aromatic carbocycles. The molecule has 0 bridgehead atoms. The van der Waals surface area contributed by atoms with Gasteiger partial charge in [-0.1, -0.05) is 65.8 Å². The monoisotopic (exact) mass is 373 g/mol. The lowest BCUT2D eigenvalue weighted by Crippen LogP contribution is -2.10. The summed E-state index contributed by atoms with van der Waals surface area (Å²) in [5, 5.41) is 15.6. The molecule has 0 aliphatic heterocycles. The van der Waals surface area contributed by atoms with Gasteiger partial charge in [-0.15, -0.1) is 0 Å². The molecule has 0 heterocycles. The number of nitrogens with zero attached hydrogens (tertiary/aromatic N) is 1. The van der Waals surface area contributed by atoms with Crippen molar-refractivity contribution in [2.24, 2.45) is 5.16 Å². The van der Waals surface area contributed by atoms with E-state index >= 15 is 0 Å². The molecule has 0 amide bonds. The Balaban J connectivity index is 1.73. The number of oxime groups is 1. The van der Waals surface area contributed by atoms with Crippen LogP contribution in [0.2, 0.25) is 0 Å². The molecule has 28 heavy (non-hydrogen) atoms. The molecule has 0 spiro atoms. The van der Waals surface area contributed by atoms with Gasteiger partial charge in [0.05, 0.1) is 18.5 Å². The third kappa shape index (κ3) is 5.20. The summed E-state index contributed by atoms with van der Waals surface area (Å²) >= 11 is 0. The zero-order valence-corrected chi connectivity index (χ0v) is 15.8. The Morgan fingerprint density at radius 1 is 1.00 bits per heavy atom. The van der Waals surface area contributed by atoms with Crippen LogP contribution in [0.3, 0.4) is 0 Å². The number of nitrogens with one attached hydrogen (secondary N) is 2. The van der Waals surface area contributed by atoms with Crippen LogP contribution >= 0.6 is 0 Å². The molecule has 3 aromatic rings. The van der Waals surface area contributed by atoms with Crippen LogP contribution in [0.15, 0.2) is 84.0 Å². The molecule has 0 aromatic heterocycles. The van der Waals surface area contributed by atoms with Crippen molar-refractivity contribution < 1.29 is 9.57 Å². The summed E-state index contributed by atoms with van der Waals surface area (Å²) in [6.45, 7) is 1.01. The fourth-order valence-corrected chi connectivity index (χ4v) is 2.76. The minimum atomic E-state index is 0.428. The second-order valence-corrected chi connectivity index (χ2v) is 6.07. The summed E-state index contributed by atoms with van der Waals surface area (Å²) in [6, 6.07) is 25.4. The van der Waals surface area contributed by atoms with Gasteiger partial charge < -0.3 is 14.9 Å². The lowest BCUT2D eigenvalue weighted by molar-refractivity contribution is 0.215. The van der Waals surface area contributed by atoms with Crippen LogP contribution in [-0.2, 0) is 11.4 Å². The average molecular weight is 373 g/mol. The van der Waals surface area contributed by atoms with Crippen molar-refractivity contribution in [3.05, 3.63) is 95.6 Å². The van der Waals surface area contributed by atoms with E-state index in [-0.39, 0.29) is 0 Å². The lowest BCUT2D eigenvalue weighted by Gasteiger charge is -2.13. The van der Waals surface area contributed by atoms with Crippen molar-refractivity contribution >= 4 is 17.6 Å². The van der Waals surface area contributed by atoms with Crippen LogP contribution in [-0.4, -0.2) is 25.6 Å². The van der Waals surface area contributed by atoms with Gasteiger partial charge in [-0.3, -0.25) is 5.41 Å². The number of para-hydroxylation sites is 1. The van der Waals surface area contributed by atoms with Gasteiger partial charge in [-0.05, 0) is 23.8 Å². The molecule has 5 nitrogen and oxygen atoms in total. The lowest BCUT2D eigenvalue weighted by atomic mass is 10.0. The first-order chi connectivity index (χ1) is 13.8. The summed E-state index contributed by atoms with van der Waals surface area (Å²) in [5.74, 6) is 0.740. The predicted octanol–water partition coefficient (Wildman–Crippen LogP) is 4.73. The largest absolute Gasteiger partial charge is 0.489 e. The van der Waals surface area contributed by atoms with Crippen LogP contribution in [0.25, 0.3) is 0 Å². The summed E-state index contributed by atoms with van der Waals surface area (Å²) in [6.07, 6.45) is 1.64. The number of hydrogen-bond acceptors (Lipinski definition) is 5. The predicted molar refractivity (Wildman–Crippen MR) is 114 cm³/mol. The van der Waals surface area contributed by atoms with Crippen LogP contribution in [0.5, 0.6) is 5.75 Å². The summed E-state index contributed by atoms with van der Waals surface area (Å²) in [5.41, 5.74) is 4.01. The van der Waals surface area contributed by atoms with E-state index in [2.05, 4.69) is 15.3 Å². The summed E-state index contributed by atoms with van der Waals surface area (Å²) in [7, 11) is 1.51. The molecular formula is C23H23N3O2. The van der Waals surface area contributed by atoms with Crippen LogP contribution in [0, 0.1) is 5.41 Å². The molecule has 0 unspecified atom stereocenters. The van der Waals surface area contributed by atoms with Gasteiger partial charge >= 0.3 is 0 Å². The van der Waals surface area contributed by atoms with Crippen LogP contribution in [0.1, 0.15) is 16.7 Å². The van der Waals surface area contributed by atoms with Gasteiger partial charge in [-0.25, -0.2) is 0 Å². The molecule has 0 fully saturated rings. The molecule has 3 rings (SSSR count). The Kier molecular flexibility index (Phi) is 6.79. The first-order valence-electron chi connectivity index (χ1n) is 9.02. The Hall–Kier alpha value is -3.60. The number of anilines is 1. The van der Waals surface area contributed by atoms with Crippen molar-refractivity contribution in [1.29, 1.82) is 5.41 Å². The maximum absolute atomic E-state index is 8.67. The van der Waals surface area contributed by atoms with E-state index in [0.29, 0.717) is 18.9 Å². The molecule has 0 aliphatic rings. The molecule has 0 aliphatic carbocycles.